The standard InChI is InChI=1S/C25H20N2O3/c1-29-20-9-5-7-17(13-20)25-24(16-6-4-8-19(28)12-16)27-23(30-25)14-18-15-26-22-11-3-2-10-21(18)22/h2-13,15,26,28H,14H2,1H3. The number of aromatic hydroxyl groups is 1. The zero-order valence-electron chi connectivity index (χ0n) is 16.4. The van der Waals surface area contributed by atoms with E-state index in [0.717, 1.165) is 33.3 Å². The molecule has 0 radical (unpaired) electrons. The first-order chi connectivity index (χ1) is 14.7. The highest BCUT2D eigenvalue weighted by Gasteiger charge is 2.19. The molecule has 0 spiro atoms. The number of phenolic OH excluding ortho intramolecular Hbond substituents is 1. The minimum atomic E-state index is 0.185. The maximum atomic E-state index is 9.97. The third-order valence-electron chi connectivity index (χ3n) is 5.14. The number of H-pyrrole nitrogens is 1. The molecular formula is C25H20N2O3. The Morgan fingerprint density at radius 2 is 1.80 bits per heavy atom. The summed E-state index contributed by atoms with van der Waals surface area (Å²) in [6, 6.07) is 22.9. The van der Waals surface area contributed by atoms with Crippen LogP contribution < -0.4 is 4.74 Å². The maximum Gasteiger partial charge on any atom is 0.200 e. The molecule has 0 aliphatic carbocycles. The molecule has 0 saturated heterocycles. The van der Waals surface area contributed by atoms with Crippen molar-refractivity contribution in [2.45, 2.75) is 6.42 Å². The predicted molar refractivity (Wildman–Crippen MR) is 117 cm³/mol. The molecule has 0 saturated carbocycles. The molecule has 0 aliphatic rings. The number of rotatable bonds is 5. The lowest BCUT2D eigenvalue weighted by Crippen LogP contribution is -1.87. The molecule has 2 aromatic heterocycles. The molecule has 5 rings (SSSR count). The number of nitrogens with one attached hydrogen (secondary N) is 1. The van der Waals surface area contributed by atoms with Crippen molar-refractivity contribution in [3.63, 3.8) is 0 Å². The molecule has 5 nitrogen and oxygen atoms in total. The van der Waals surface area contributed by atoms with Crippen LogP contribution in [0.3, 0.4) is 0 Å². The van der Waals surface area contributed by atoms with Gasteiger partial charge in [-0.3, -0.25) is 0 Å². The molecule has 5 heteroatoms. The van der Waals surface area contributed by atoms with E-state index in [9.17, 15) is 5.11 Å². The highest BCUT2D eigenvalue weighted by atomic mass is 16.5. The molecular weight excluding hydrogens is 376 g/mol. The SMILES string of the molecule is COc1cccc(-c2oc(Cc3c[nH]c4ccccc34)nc2-c2cccc(O)c2)c1. The largest absolute Gasteiger partial charge is 0.508 e. The fourth-order valence-corrected chi connectivity index (χ4v) is 3.69. The highest BCUT2D eigenvalue weighted by Crippen LogP contribution is 2.36. The molecule has 0 bridgehead atoms. The predicted octanol–water partition coefficient (Wildman–Crippen LogP) is 5.79. The van der Waals surface area contributed by atoms with E-state index in [1.807, 2.05) is 54.7 Å². The van der Waals surface area contributed by atoms with Gasteiger partial charge in [0.15, 0.2) is 11.7 Å². The summed E-state index contributed by atoms with van der Waals surface area (Å²) in [5.41, 5.74) is 4.55. The van der Waals surface area contributed by atoms with E-state index in [1.54, 1.807) is 25.3 Å². The van der Waals surface area contributed by atoms with Gasteiger partial charge in [0.1, 0.15) is 17.2 Å². The molecule has 0 fully saturated rings. The van der Waals surface area contributed by atoms with Gasteiger partial charge in [-0.1, -0.05) is 42.5 Å². The summed E-state index contributed by atoms with van der Waals surface area (Å²) >= 11 is 0. The summed E-state index contributed by atoms with van der Waals surface area (Å²) in [4.78, 5) is 8.10. The van der Waals surface area contributed by atoms with E-state index in [2.05, 4.69) is 11.1 Å². The van der Waals surface area contributed by atoms with Gasteiger partial charge in [0.05, 0.1) is 13.5 Å². The van der Waals surface area contributed by atoms with Crippen LogP contribution in [-0.4, -0.2) is 22.2 Å². The molecule has 2 N–H and O–H groups in total. The molecule has 0 amide bonds. The minimum Gasteiger partial charge on any atom is -0.508 e. The monoisotopic (exact) mass is 396 g/mol. The van der Waals surface area contributed by atoms with Gasteiger partial charge in [-0.25, -0.2) is 4.98 Å². The van der Waals surface area contributed by atoms with Crippen molar-refractivity contribution in [3.05, 3.63) is 90.4 Å². The number of hydrogen-bond acceptors (Lipinski definition) is 4. The number of fused-ring (bicyclic) bond motifs is 1. The van der Waals surface area contributed by atoms with Crippen molar-refractivity contribution in [2.75, 3.05) is 7.11 Å². The number of methoxy groups -OCH3 is 1. The Morgan fingerprint density at radius 1 is 0.967 bits per heavy atom. The number of nitrogens with zero attached hydrogens (tertiary/aromatic N) is 1. The summed E-state index contributed by atoms with van der Waals surface area (Å²) in [6.07, 6.45) is 2.55. The van der Waals surface area contributed by atoms with E-state index >= 15 is 0 Å². The van der Waals surface area contributed by atoms with E-state index in [4.69, 9.17) is 14.1 Å². The van der Waals surface area contributed by atoms with Crippen molar-refractivity contribution >= 4 is 10.9 Å². The van der Waals surface area contributed by atoms with E-state index in [0.29, 0.717) is 23.8 Å². The van der Waals surface area contributed by atoms with E-state index < -0.39 is 0 Å². The Morgan fingerprint density at radius 3 is 2.67 bits per heavy atom. The fourth-order valence-electron chi connectivity index (χ4n) is 3.69. The normalized spacial score (nSPS) is 11.1. The van der Waals surface area contributed by atoms with Crippen LogP contribution in [-0.2, 0) is 6.42 Å². The van der Waals surface area contributed by atoms with Crippen LogP contribution in [0.4, 0.5) is 0 Å². The van der Waals surface area contributed by atoms with Crippen LogP contribution in [0.5, 0.6) is 11.5 Å². The Bertz CT molecular complexity index is 1330. The molecule has 5 aromatic rings. The van der Waals surface area contributed by atoms with Gasteiger partial charge in [-0.05, 0) is 35.9 Å². The van der Waals surface area contributed by atoms with Gasteiger partial charge in [0, 0.05) is 28.2 Å². The number of phenols is 1. The summed E-state index contributed by atoms with van der Waals surface area (Å²) in [5, 5.41) is 11.1. The maximum absolute atomic E-state index is 9.97. The second kappa shape index (κ2) is 7.44. The van der Waals surface area contributed by atoms with Gasteiger partial charge in [-0.2, -0.15) is 0 Å². The Balaban J connectivity index is 1.62. The summed E-state index contributed by atoms with van der Waals surface area (Å²) in [7, 11) is 1.64. The summed E-state index contributed by atoms with van der Waals surface area (Å²) in [6.45, 7) is 0. The van der Waals surface area contributed by atoms with Crippen LogP contribution in [0, 0.1) is 0 Å². The first-order valence-corrected chi connectivity index (χ1v) is 9.70. The number of aromatic amines is 1. The second-order valence-corrected chi connectivity index (χ2v) is 7.10. The van der Waals surface area contributed by atoms with Crippen molar-refractivity contribution in [2.24, 2.45) is 0 Å². The lowest BCUT2D eigenvalue weighted by molar-refractivity contribution is 0.414. The molecule has 0 atom stereocenters. The molecule has 30 heavy (non-hydrogen) atoms. The van der Waals surface area contributed by atoms with Crippen molar-refractivity contribution in [3.8, 4) is 34.1 Å². The van der Waals surface area contributed by atoms with Gasteiger partial charge >= 0.3 is 0 Å². The number of ether oxygens (including phenoxy) is 1. The first-order valence-electron chi connectivity index (χ1n) is 9.70. The fraction of sp³-hybridized carbons (Fsp3) is 0.0800. The zero-order chi connectivity index (χ0) is 20.5. The highest BCUT2D eigenvalue weighted by molar-refractivity contribution is 5.83. The van der Waals surface area contributed by atoms with Gasteiger partial charge in [-0.15, -0.1) is 0 Å². The van der Waals surface area contributed by atoms with Crippen LogP contribution >= 0.6 is 0 Å². The molecule has 3 aromatic carbocycles. The third kappa shape index (κ3) is 3.31. The van der Waals surface area contributed by atoms with Crippen molar-refractivity contribution in [1.82, 2.24) is 9.97 Å². The Kier molecular flexibility index (Phi) is 4.48. The molecule has 0 aliphatic heterocycles. The number of para-hydroxylation sites is 1. The van der Waals surface area contributed by atoms with Crippen molar-refractivity contribution < 1.29 is 14.3 Å². The molecule has 148 valence electrons. The average molecular weight is 396 g/mol. The lowest BCUT2D eigenvalue weighted by atomic mass is 10.1. The Labute approximate surface area is 173 Å². The van der Waals surface area contributed by atoms with Crippen LogP contribution in [0.25, 0.3) is 33.5 Å². The third-order valence-corrected chi connectivity index (χ3v) is 5.14. The smallest absolute Gasteiger partial charge is 0.200 e. The topological polar surface area (TPSA) is 71.3 Å². The summed E-state index contributed by atoms with van der Waals surface area (Å²) < 4.78 is 11.6. The van der Waals surface area contributed by atoms with Crippen LogP contribution in [0.15, 0.2) is 83.4 Å². The van der Waals surface area contributed by atoms with Gasteiger partial charge in [0.2, 0.25) is 0 Å². The second-order valence-electron chi connectivity index (χ2n) is 7.10. The van der Waals surface area contributed by atoms with Gasteiger partial charge < -0.3 is 19.2 Å². The average Bonchev–Trinajstić information content (AvgIpc) is 3.39. The number of benzene rings is 3. The number of hydrogen-bond donors (Lipinski definition) is 2. The van der Waals surface area contributed by atoms with Crippen LogP contribution in [0.1, 0.15) is 11.5 Å². The molecule has 0 unspecified atom stereocenters. The number of oxazole rings is 1. The quantitative estimate of drug-likeness (QED) is 0.394. The Hall–Kier alpha value is -3.99. The van der Waals surface area contributed by atoms with E-state index in [1.165, 1.54) is 0 Å². The first kappa shape index (κ1) is 18.1. The van der Waals surface area contributed by atoms with E-state index in [-0.39, 0.29) is 5.75 Å². The van der Waals surface area contributed by atoms with Gasteiger partial charge in [0.25, 0.3) is 0 Å². The minimum absolute atomic E-state index is 0.185. The summed E-state index contributed by atoms with van der Waals surface area (Å²) in [5.74, 6) is 2.18. The molecule has 2 heterocycles. The lowest BCUT2D eigenvalue weighted by Gasteiger charge is -2.04. The number of aromatic nitrogens is 2. The van der Waals surface area contributed by atoms with Crippen molar-refractivity contribution in [1.29, 1.82) is 0 Å². The zero-order valence-corrected chi connectivity index (χ0v) is 16.4. The van der Waals surface area contributed by atoms with Crippen LogP contribution in [0.2, 0.25) is 0 Å².